The van der Waals surface area contributed by atoms with E-state index in [1.54, 1.807) is 13.0 Å². The minimum absolute atomic E-state index is 0.0976. The average Bonchev–Trinajstić information content (AvgIpc) is 2.84. The summed E-state index contributed by atoms with van der Waals surface area (Å²) >= 11 is 0. The number of anilines is 1. The third-order valence-electron chi connectivity index (χ3n) is 4.06. The summed E-state index contributed by atoms with van der Waals surface area (Å²) in [7, 11) is -3.53. The van der Waals surface area contributed by atoms with E-state index in [2.05, 4.69) is 10.3 Å². The highest BCUT2D eigenvalue weighted by atomic mass is 32.2. The summed E-state index contributed by atoms with van der Waals surface area (Å²) in [6.45, 7) is 1.76. The molecular formula is C18H16F2N2O3S. The average molecular weight is 378 g/mol. The third-order valence-corrected chi connectivity index (χ3v) is 5.17. The molecule has 3 rings (SSSR count). The van der Waals surface area contributed by atoms with Gasteiger partial charge in [-0.05, 0) is 48.9 Å². The van der Waals surface area contributed by atoms with Gasteiger partial charge in [0.05, 0.1) is 17.0 Å². The van der Waals surface area contributed by atoms with E-state index in [0.29, 0.717) is 22.2 Å². The van der Waals surface area contributed by atoms with Crippen molar-refractivity contribution in [1.82, 2.24) is 4.98 Å². The number of H-pyrrole nitrogens is 1. The number of aromatic nitrogens is 1. The molecule has 8 heteroatoms. The van der Waals surface area contributed by atoms with Crippen LogP contribution in [0.2, 0.25) is 0 Å². The first-order valence-corrected chi connectivity index (χ1v) is 9.60. The van der Waals surface area contributed by atoms with Gasteiger partial charge in [0.1, 0.15) is 11.6 Å². The van der Waals surface area contributed by atoms with Crippen LogP contribution in [-0.2, 0) is 21.1 Å². The normalized spacial score (nSPS) is 11.7. The summed E-state index contributed by atoms with van der Waals surface area (Å²) in [4.78, 5) is 15.3. The summed E-state index contributed by atoms with van der Waals surface area (Å²) in [5.41, 5.74) is 1.77. The lowest BCUT2D eigenvalue weighted by atomic mass is 10.1. The molecule has 0 radical (unpaired) electrons. The van der Waals surface area contributed by atoms with Gasteiger partial charge >= 0.3 is 0 Å². The SMILES string of the molecule is Cc1[nH]c2ccc(F)cc2c1CC(=O)Nc1cc(S(C)(=O)=O)ccc1F. The fourth-order valence-corrected chi connectivity index (χ4v) is 3.42. The van der Waals surface area contributed by atoms with Gasteiger partial charge in [-0.25, -0.2) is 17.2 Å². The number of carbonyl (C=O) groups excluding carboxylic acids is 1. The Kier molecular flexibility index (Phi) is 4.53. The molecule has 0 bridgehead atoms. The third kappa shape index (κ3) is 3.60. The predicted molar refractivity (Wildman–Crippen MR) is 94.8 cm³/mol. The van der Waals surface area contributed by atoms with E-state index in [4.69, 9.17) is 0 Å². The lowest BCUT2D eigenvalue weighted by Crippen LogP contribution is -2.16. The zero-order valence-electron chi connectivity index (χ0n) is 14.1. The number of hydrogen-bond donors (Lipinski definition) is 2. The Morgan fingerprint density at radius 3 is 2.58 bits per heavy atom. The molecule has 1 heterocycles. The Balaban J connectivity index is 1.89. The zero-order valence-corrected chi connectivity index (χ0v) is 14.9. The number of benzene rings is 2. The molecule has 0 unspecified atom stereocenters. The van der Waals surface area contributed by atoms with Crippen LogP contribution in [0.25, 0.3) is 10.9 Å². The van der Waals surface area contributed by atoms with Crippen molar-refractivity contribution in [3.05, 3.63) is 59.3 Å². The van der Waals surface area contributed by atoms with Crippen LogP contribution in [0.1, 0.15) is 11.3 Å². The summed E-state index contributed by atoms with van der Waals surface area (Å²) in [6, 6.07) is 7.41. The van der Waals surface area contributed by atoms with E-state index >= 15 is 0 Å². The van der Waals surface area contributed by atoms with E-state index < -0.39 is 27.4 Å². The summed E-state index contributed by atoms with van der Waals surface area (Å²) in [5, 5.41) is 2.95. The maximum absolute atomic E-state index is 13.9. The highest BCUT2D eigenvalue weighted by Gasteiger charge is 2.16. The van der Waals surface area contributed by atoms with Crippen LogP contribution in [-0.4, -0.2) is 25.6 Å². The zero-order chi connectivity index (χ0) is 19.1. The molecule has 2 aromatic carbocycles. The van der Waals surface area contributed by atoms with E-state index in [1.807, 2.05) is 0 Å². The lowest BCUT2D eigenvalue weighted by molar-refractivity contribution is -0.115. The molecule has 0 aliphatic rings. The van der Waals surface area contributed by atoms with Crippen LogP contribution in [0.15, 0.2) is 41.3 Å². The highest BCUT2D eigenvalue weighted by Crippen LogP contribution is 2.25. The Morgan fingerprint density at radius 1 is 1.15 bits per heavy atom. The predicted octanol–water partition coefficient (Wildman–Crippen LogP) is 3.34. The molecule has 0 aliphatic carbocycles. The van der Waals surface area contributed by atoms with Crippen LogP contribution in [0.4, 0.5) is 14.5 Å². The van der Waals surface area contributed by atoms with Crippen molar-refractivity contribution in [2.24, 2.45) is 0 Å². The second kappa shape index (κ2) is 6.53. The quantitative estimate of drug-likeness (QED) is 0.684. The van der Waals surface area contributed by atoms with Gasteiger partial charge in [-0.2, -0.15) is 0 Å². The Bertz CT molecular complexity index is 1120. The molecular weight excluding hydrogens is 362 g/mol. The van der Waals surface area contributed by atoms with E-state index in [-0.39, 0.29) is 17.0 Å². The molecule has 5 nitrogen and oxygen atoms in total. The maximum atomic E-state index is 13.9. The first kappa shape index (κ1) is 18.1. The van der Waals surface area contributed by atoms with Gasteiger partial charge in [0, 0.05) is 22.9 Å². The summed E-state index contributed by atoms with van der Waals surface area (Å²) < 4.78 is 50.6. The fourth-order valence-electron chi connectivity index (χ4n) is 2.77. The van der Waals surface area contributed by atoms with E-state index in [1.165, 1.54) is 12.1 Å². The summed E-state index contributed by atoms with van der Waals surface area (Å²) in [6.07, 6.45) is 0.882. The molecule has 1 amide bonds. The van der Waals surface area contributed by atoms with Gasteiger partial charge in [-0.1, -0.05) is 0 Å². The van der Waals surface area contributed by atoms with Crippen LogP contribution in [0.3, 0.4) is 0 Å². The van der Waals surface area contributed by atoms with Gasteiger partial charge in [0.2, 0.25) is 5.91 Å². The Labute approximate surface area is 149 Å². The number of carbonyl (C=O) groups is 1. The smallest absolute Gasteiger partial charge is 0.228 e. The number of nitrogens with one attached hydrogen (secondary N) is 2. The van der Waals surface area contributed by atoms with Gasteiger partial charge < -0.3 is 10.3 Å². The van der Waals surface area contributed by atoms with Crippen molar-refractivity contribution in [2.45, 2.75) is 18.2 Å². The van der Waals surface area contributed by atoms with E-state index in [9.17, 15) is 22.0 Å². The largest absolute Gasteiger partial charge is 0.358 e. The summed E-state index contributed by atoms with van der Waals surface area (Å²) in [5.74, 6) is -1.71. The van der Waals surface area contributed by atoms with E-state index in [0.717, 1.165) is 24.5 Å². The number of fused-ring (bicyclic) bond motifs is 1. The molecule has 26 heavy (non-hydrogen) atoms. The topological polar surface area (TPSA) is 79.0 Å². The van der Waals surface area contributed by atoms with Crippen molar-refractivity contribution >= 4 is 32.3 Å². The van der Waals surface area contributed by atoms with Gasteiger partial charge in [-0.15, -0.1) is 0 Å². The fraction of sp³-hybridized carbons (Fsp3) is 0.167. The Morgan fingerprint density at radius 2 is 1.88 bits per heavy atom. The second-order valence-electron chi connectivity index (χ2n) is 6.06. The standard InChI is InChI=1S/C18H16F2N2O3S/c1-10-13(14-7-11(19)3-6-16(14)21-10)9-18(23)22-17-8-12(26(2,24)25)4-5-15(17)20/h3-8,21H,9H2,1-2H3,(H,22,23). The second-order valence-corrected chi connectivity index (χ2v) is 8.07. The van der Waals surface area contributed by atoms with Crippen LogP contribution < -0.4 is 5.32 Å². The van der Waals surface area contributed by atoms with Crippen LogP contribution in [0.5, 0.6) is 0 Å². The molecule has 0 atom stereocenters. The first-order valence-electron chi connectivity index (χ1n) is 7.71. The highest BCUT2D eigenvalue weighted by molar-refractivity contribution is 7.90. The minimum Gasteiger partial charge on any atom is -0.358 e. The van der Waals surface area contributed by atoms with Gasteiger partial charge in [-0.3, -0.25) is 4.79 Å². The molecule has 0 aliphatic heterocycles. The number of sulfone groups is 1. The Hall–Kier alpha value is -2.74. The number of amides is 1. The molecule has 2 N–H and O–H groups in total. The first-order chi connectivity index (χ1) is 12.1. The number of aryl methyl sites for hydroxylation is 1. The molecule has 1 aromatic heterocycles. The number of aromatic amines is 1. The number of hydrogen-bond acceptors (Lipinski definition) is 3. The molecule has 3 aromatic rings. The molecule has 0 saturated heterocycles. The molecule has 0 fully saturated rings. The van der Waals surface area contributed by atoms with Crippen molar-refractivity contribution in [2.75, 3.05) is 11.6 Å². The maximum Gasteiger partial charge on any atom is 0.228 e. The van der Waals surface area contributed by atoms with Crippen molar-refractivity contribution < 1.29 is 22.0 Å². The van der Waals surface area contributed by atoms with Gasteiger partial charge in [0.15, 0.2) is 9.84 Å². The van der Waals surface area contributed by atoms with Crippen molar-refractivity contribution in [3.8, 4) is 0 Å². The number of rotatable bonds is 4. The van der Waals surface area contributed by atoms with Crippen molar-refractivity contribution in [3.63, 3.8) is 0 Å². The molecule has 0 spiro atoms. The molecule has 0 saturated carbocycles. The minimum atomic E-state index is -3.53. The monoisotopic (exact) mass is 378 g/mol. The van der Waals surface area contributed by atoms with Crippen LogP contribution in [0, 0.1) is 18.6 Å². The van der Waals surface area contributed by atoms with Crippen LogP contribution >= 0.6 is 0 Å². The van der Waals surface area contributed by atoms with Crippen molar-refractivity contribution in [1.29, 1.82) is 0 Å². The lowest BCUT2D eigenvalue weighted by Gasteiger charge is -2.08. The molecule has 136 valence electrons. The van der Waals surface area contributed by atoms with Gasteiger partial charge in [0.25, 0.3) is 0 Å². The number of halogens is 2.